The van der Waals surface area contributed by atoms with Crippen LogP contribution >= 0.6 is 11.3 Å². The van der Waals surface area contributed by atoms with Crippen LogP contribution in [0.3, 0.4) is 0 Å². The Morgan fingerprint density at radius 2 is 2.09 bits per heavy atom. The van der Waals surface area contributed by atoms with Crippen LogP contribution in [-0.4, -0.2) is 29.0 Å². The summed E-state index contributed by atoms with van der Waals surface area (Å²) in [5.74, 6) is 1.49. The molecule has 114 valence electrons. The van der Waals surface area contributed by atoms with Gasteiger partial charge < -0.3 is 14.8 Å². The zero-order valence-corrected chi connectivity index (χ0v) is 13.3. The van der Waals surface area contributed by atoms with Crippen molar-refractivity contribution >= 4 is 22.2 Å². The fourth-order valence-corrected chi connectivity index (χ4v) is 2.80. The molecule has 7 heteroatoms. The van der Waals surface area contributed by atoms with Crippen LogP contribution in [-0.2, 0) is 7.05 Å². The van der Waals surface area contributed by atoms with Crippen molar-refractivity contribution in [3.8, 4) is 22.8 Å². The third-order valence-electron chi connectivity index (χ3n) is 3.14. The summed E-state index contributed by atoms with van der Waals surface area (Å²) in [7, 11) is 5.15. The topological polar surface area (TPSA) is 61.2 Å². The molecule has 0 atom stereocenters. The molecular weight excluding hydrogens is 300 g/mol. The first-order chi connectivity index (χ1) is 10.7. The first-order valence-corrected chi connectivity index (χ1v) is 7.51. The molecule has 6 nitrogen and oxygen atoms in total. The van der Waals surface area contributed by atoms with Gasteiger partial charge in [-0.1, -0.05) is 0 Å². The van der Waals surface area contributed by atoms with Gasteiger partial charge in [0, 0.05) is 30.3 Å². The van der Waals surface area contributed by atoms with Gasteiger partial charge in [-0.2, -0.15) is 5.10 Å². The lowest BCUT2D eigenvalue weighted by molar-refractivity contribution is 0.395. The first-order valence-electron chi connectivity index (χ1n) is 6.63. The van der Waals surface area contributed by atoms with Crippen LogP contribution in [0, 0.1) is 0 Å². The molecule has 0 fully saturated rings. The Kier molecular flexibility index (Phi) is 3.97. The van der Waals surface area contributed by atoms with Gasteiger partial charge in [0.1, 0.15) is 11.5 Å². The van der Waals surface area contributed by atoms with Crippen molar-refractivity contribution in [2.75, 3.05) is 19.5 Å². The normalized spacial score (nSPS) is 10.5. The molecule has 0 aliphatic rings. The van der Waals surface area contributed by atoms with E-state index in [1.54, 1.807) is 25.1 Å². The van der Waals surface area contributed by atoms with E-state index in [9.17, 15) is 0 Å². The lowest BCUT2D eigenvalue weighted by Crippen LogP contribution is -1.91. The Morgan fingerprint density at radius 1 is 1.23 bits per heavy atom. The van der Waals surface area contributed by atoms with Gasteiger partial charge in [0.15, 0.2) is 5.13 Å². The average molecular weight is 316 g/mol. The third-order valence-corrected chi connectivity index (χ3v) is 3.90. The summed E-state index contributed by atoms with van der Waals surface area (Å²) < 4.78 is 12.4. The number of aromatic nitrogens is 3. The number of nitrogens with one attached hydrogen (secondary N) is 1. The van der Waals surface area contributed by atoms with Crippen molar-refractivity contribution in [1.82, 2.24) is 14.8 Å². The van der Waals surface area contributed by atoms with E-state index in [4.69, 9.17) is 9.47 Å². The Hall–Kier alpha value is -2.54. The van der Waals surface area contributed by atoms with Crippen LogP contribution in [0.4, 0.5) is 10.8 Å². The molecular formula is C15H16N4O2S. The summed E-state index contributed by atoms with van der Waals surface area (Å²) in [4.78, 5) is 4.60. The number of ether oxygens (including phenoxy) is 2. The Morgan fingerprint density at radius 3 is 2.77 bits per heavy atom. The van der Waals surface area contributed by atoms with Crippen LogP contribution in [0.5, 0.6) is 11.5 Å². The van der Waals surface area contributed by atoms with Gasteiger partial charge in [-0.25, -0.2) is 4.98 Å². The molecule has 1 N–H and O–H groups in total. The summed E-state index contributed by atoms with van der Waals surface area (Å²) in [6, 6.07) is 5.69. The Bertz CT molecular complexity index is 781. The van der Waals surface area contributed by atoms with E-state index in [1.165, 1.54) is 11.3 Å². The lowest BCUT2D eigenvalue weighted by Gasteiger charge is -2.08. The number of rotatable bonds is 5. The number of thiazole rings is 1. The minimum absolute atomic E-state index is 0.734. The minimum atomic E-state index is 0.734. The van der Waals surface area contributed by atoms with Crippen LogP contribution in [0.25, 0.3) is 11.3 Å². The van der Waals surface area contributed by atoms with Crippen molar-refractivity contribution in [1.29, 1.82) is 0 Å². The van der Waals surface area contributed by atoms with Crippen molar-refractivity contribution in [2.24, 2.45) is 7.05 Å². The second-order valence-corrected chi connectivity index (χ2v) is 5.49. The van der Waals surface area contributed by atoms with Gasteiger partial charge in [0.25, 0.3) is 0 Å². The molecule has 3 aromatic rings. The predicted octanol–water partition coefficient (Wildman–Crippen LogP) is 3.30. The highest BCUT2D eigenvalue weighted by Gasteiger charge is 2.11. The summed E-state index contributed by atoms with van der Waals surface area (Å²) in [5.41, 5.74) is 2.69. The summed E-state index contributed by atoms with van der Waals surface area (Å²) in [6.45, 7) is 0. The van der Waals surface area contributed by atoms with E-state index in [1.807, 2.05) is 36.8 Å². The fraction of sp³-hybridized carbons (Fsp3) is 0.200. The summed E-state index contributed by atoms with van der Waals surface area (Å²) in [6.07, 6.45) is 3.66. The quantitative estimate of drug-likeness (QED) is 0.782. The van der Waals surface area contributed by atoms with Gasteiger partial charge in [0.2, 0.25) is 0 Å². The molecule has 0 aliphatic carbocycles. The monoisotopic (exact) mass is 316 g/mol. The molecule has 0 aliphatic heterocycles. The standard InChI is InChI=1S/C15H16N4O2S/c1-19-8-10(7-16-19)17-15-18-13(9-22-15)12-5-4-11(20-2)6-14(12)21-3/h4-9H,1-3H3,(H,17,18). The SMILES string of the molecule is COc1ccc(-c2csc(Nc3cnn(C)c3)n2)c(OC)c1. The van der Waals surface area contributed by atoms with E-state index >= 15 is 0 Å². The highest BCUT2D eigenvalue weighted by molar-refractivity contribution is 7.14. The van der Waals surface area contributed by atoms with E-state index in [-0.39, 0.29) is 0 Å². The number of hydrogen-bond acceptors (Lipinski definition) is 6. The number of methoxy groups -OCH3 is 2. The maximum atomic E-state index is 5.42. The maximum Gasteiger partial charge on any atom is 0.187 e. The fourth-order valence-electron chi connectivity index (χ4n) is 2.07. The van der Waals surface area contributed by atoms with Crippen molar-refractivity contribution in [2.45, 2.75) is 0 Å². The van der Waals surface area contributed by atoms with Gasteiger partial charge >= 0.3 is 0 Å². The molecule has 0 radical (unpaired) electrons. The predicted molar refractivity (Wildman–Crippen MR) is 87.1 cm³/mol. The first kappa shape index (κ1) is 14.4. The number of benzene rings is 1. The molecule has 22 heavy (non-hydrogen) atoms. The Labute approximate surface area is 132 Å². The van der Waals surface area contributed by atoms with Crippen molar-refractivity contribution in [3.05, 3.63) is 36.0 Å². The molecule has 0 amide bonds. The largest absolute Gasteiger partial charge is 0.497 e. The molecule has 0 unspecified atom stereocenters. The van der Waals surface area contributed by atoms with Gasteiger partial charge in [-0.15, -0.1) is 11.3 Å². The second kappa shape index (κ2) is 6.07. The smallest absolute Gasteiger partial charge is 0.187 e. The maximum absolute atomic E-state index is 5.42. The molecule has 0 saturated heterocycles. The molecule has 1 aromatic carbocycles. The zero-order valence-electron chi connectivity index (χ0n) is 12.5. The van der Waals surface area contributed by atoms with E-state index in [0.29, 0.717) is 0 Å². The van der Waals surface area contributed by atoms with E-state index in [0.717, 1.165) is 33.6 Å². The zero-order chi connectivity index (χ0) is 15.5. The van der Waals surface area contributed by atoms with Gasteiger partial charge in [0.05, 0.1) is 31.8 Å². The molecule has 0 bridgehead atoms. The van der Waals surface area contributed by atoms with Crippen molar-refractivity contribution in [3.63, 3.8) is 0 Å². The summed E-state index contributed by atoms with van der Waals surface area (Å²) in [5, 5.41) is 10.2. The average Bonchev–Trinajstić information content (AvgIpc) is 3.16. The highest BCUT2D eigenvalue weighted by Crippen LogP contribution is 2.35. The Balaban J connectivity index is 1.87. The molecule has 2 heterocycles. The lowest BCUT2D eigenvalue weighted by atomic mass is 10.1. The number of nitrogens with zero attached hydrogens (tertiary/aromatic N) is 3. The molecule has 0 spiro atoms. The van der Waals surface area contributed by atoms with Crippen LogP contribution in [0.15, 0.2) is 36.0 Å². The second-order valence-electron chi connectivity index (χ2n) is 4.63. The van der Waals surface area contributed by atoms with Gasteiger partial charge in [-0.05, 0) is 12.1 Å². The van der Waals surface area contributed by atoms with Crippen LogP contribution in [0.2, 0.25) is 0 Å². The number of anilines is 2. The third kappa shape index (κ3) is 2.89. The van der Waals surface area contributed by atoms with E-state index < -0.39 is 0 Å². The van der Waals surface area contributed by atoms with E-state index in [2.05, 4.69) is 15.4 Å². The molecule has 3 rings (SSSR count). The van der Waals surface area contributed by atoms with Crippen molar-refractivity contribution < 1.29 is 9.47 Å². The van der Waals surface area contributed by atoms with Crippen LogP contribution < -0.4 is 14.8 Å². The van der Waals surface area contributed by atoms with Crippen LogP contribution in [0.1, 0.15) is 0 Å². The minimum Gasteiger partial charge on any atom is -0.497 e. The molecule has 2 aromatic heterocycles. The summed E-state index contributed by atoms with van der Waals surface area (Å²) >= 11 is 1.53. The number of hydrogen-bond donors (Lipinski definition) is 1. The highest BCUT2D eigenvalue weighted by atomic mass is 32.1. The van der Waals surface area contributed by atoms with Gasteiger partial charge in [-0.3, -0.25) is 4.68 Å². The number of aryl methyl sites for hydroxylation is 1. The molecule has 0 saturated carbocycles.